The van der Waals surface area contributed by atoms with Crippen LogP contribution < -0.4 is 9.47 Å². The van der Waals surface area contributed by atoms with Crippen molar-refractivity contribution in [2.45, 2.75) is 20.0 Å². The van der Waals surface area contributed by atoms with E-state index in [0.29, 0.717) is 16.9 Å². The summed E-state index contributed by atoms with van der Waals surface area (Å²) in [6.07, 6.45) is 0.00450. The lowest BCUT2D eigenvalue weighted by atomic mass is 10.3. The maximum atomic E-state index is 5.99. The number of nitrogens with zero attached hydrogens (tertiary/aromatic N) is 2. The van der Waals surface area contributed by atoms with Gasteiger partial charge in [0.2, 0.25) is 0 Å². The third-order valence-electron chi connectivity index (χ3n) is 2.15. The van der Waals surface area contributed by atoms with Crippen molar-refractivity contribution < 1.29 is 9.47 Å². The van der Waals surface area contributed by atoms with Gasteiger partial charge >= 0.3 is 0 Å². The Balaban J connectivity index is 2.52. The molecule has 2 rings (SSSR count). The van der Waals surface area contributed by atoms with Crippen LogP contribution in [0.25, 0.3) is 11.0 Å². The molecule has 5 heteroatoms. The number of hydrogen-bond acceptors (Lipinski definition) is 4. The van der Waals surface area contributed by atoms with Gasteiger partial charge in [0.05, 0.1) is 24.2 Å². The van der Waals surface area contributed by atoms with Gasteiger partial charge < -0.3 is 9.47 Å². The predicted molar refractivity (Wildman–Crippen MR) is 66.9 cm³/mol. The molecule has 1 aromatic heterocycles. The molecular formula is C12H13ClN2O2. The number of ether oxygens (including phenoxy) is 2. The maximum absolute atomic E-state index is 5.99. The van der Waals surface area contributed by atoms with Crippen LogP contribution in [-0.4, -0.2) is 23.2 Å². The van der Waals surface area contributed by atoms with Crippen LogP contribution in [0.5, 0.6) is 11.6 Å². The molecule has 2 aromatic rings. The molecule has 0 bridgehead atoms. The topological polar surface area (TPSA) is 44.2 Å². The van der Waals surface area contributed by atoms with Crippen molar-refractivity contribution in [3.63, 3.8) is 0 Å². The highest BCUT2D eigenvalue weighted by molar-refractivity contribution is 6.31. The lowest BCUT2D eigenvalue weighted by Crippen LogP contribution is -2.08. The molecule has 0 aliphatic rings. The summed E-state index contributed by atoms with van der Waals surface area (Å²) >= 11 is 5.99. The van der Waals surface area contributed by atoms with Crippen molar-refractivity contribution in [3.8, 4) is 11.6 Å². The quantitative estimate of drug-likeness (QED) is 0.842. The van der Waals surface area contributed by atoms with E-state index in [0.717, 1.165) is 5.75 Å². The van der Waals surface area contributed by atoms with Crippen molar-refractivity contribution in [2.75, 3.05) is 7.11 Å². The van der Waals surface area contributed by atoms with Crippen LogP contribution in [0.3, 0.4) is 0 Å². The number of aromatic nitrogens is 2. The predicted octanol–water partition coefficient (Wildman–Crippen LogP) is 3.08. The number of benzene rings is 1. The molecule has 0 aliphatic heterocycles. The normalized spacial score (nSPS) is 10.9. The number of halogens is 1. The van der Waals surface area contributed by atoms with Crippen LogP contribution >= 0.6 is 11.6 Å². The molecule has 0 unspecified atom stereocenters. The van der Waals surface area contributed by atoms with Gasteiger partial charge in [0, 0.05) is 6.07 Å². The van der Waals surface area contributed by atoms with E-state index in [2.05, 4.69) is 9.97 Å². The summed E-state index contributed by atoms with van der Waals surface area (Å²) < 4.78 is 10.6. The van der Waals surface area contributed by atoms with Crippen molar-refractivity contribution >= 4 is 22.6 Å². The fourth-order valence-electron chi connectivity index (χ4n) is 1.42. The van der Waals surface area contributed by atoms with Gasteiger partial charge in [-0.2, -0.15) is 0 Å². The summed E-state index contributed by atoms with van der Waals surface area (Å²) in [6.45, 7) is 3.82. The van der Waals surface area contributed by atoms with Crippen molar-refractivity contribution in [2.24, 2.45) is 0 Å². The molecule has 0 spiro atoms. The summed E-state index contributed by atoms with van der Waals surface area (Å²) in [7, 11) is 1.61. The number of hydrogen-bond donors (Lipinski definition) is 0. The van der Waals surface area contributed by atoms with Gasteiger partial charge in [-0.1, -0.05) is 11.6 Å². The molecule has 4 nitrogen and oxygen atoms in total. The van der Waals surface area contributed by atoms with Crippen LogP contribution in [0, 0.1) is 0 Å². The van der Waals surface area contributed by atoms with E-state index in [1.54, 1.807) is 13.2 Å². The van der Waals surface area contributed by atoms with Crippen LogP contribution in [-0.2, 0) is 0 Å². The van der Waals surface area contributed by atoms with E-state index in [1.807, 2.05) is 26.0 Å². The highest BCUT2D eigenvalue weighted by Crippen LogP contribution is 2.26. The molecule has 1 aromatic carbocycles. The zero-order valence-electron chi connectivity index (χ0n) is 9.90. The summed E-state index contributed by atoms with van der Waals surface area (Å²) in [4.78, 5) is 8.55. The molecule has 0 N–H and O–H groups in total. The Hall–Kier alpha value is -1.55. The lowest BCUT2D eigenvalue weighted by molar-refractivity contribution is 0.233. The molecule has 90 valence electrons. The minimum absolute atomic E-state index is 0.00450. The zero-order chi connectivity index (χ0) is 12.4. The van der Waals surface area contributed by atoms with Gasteiger partial charge in [0.15, 0.2) is 5.15 Å². The highest BCUT2D eigenvalue weighted by Gasteiger charge is 2.10. The first-order valence-corrected chi connectivity index (χ1v) is 5.66. The molecule has 0 saturated carbocycles. The second-order valence-corrected chi connectivity index (χ2v) is 4.20. The van der Waals surface area contributed by atoms with Gasteiger partial charge in [-0.05, 0) is 26.0 Å². The molecule has 0 aliphatic carbocycles. The van der Waals surface area contributed by atoms with Crippen molar-refractivity contribution in [1.82, 2.24) is 9.97 Å². The Morgan fingerprint density at radius 3 is 2.59 bits per heavy atom. The summed E-state index contributed by atoms with van der Waals surface area (Å²) in [5.41, 5.74) is 1.41. The number of rotatable bonds is 3. The minimum Gasteiger partial charge on any atom is -0.497 e. The fourth-order valence-corrected chi connectivity index (χ4v) is 1.60. The van der Waals surface area contributed by atoms with Gasteiger partial charge in [-0.3, -0.25) is 0 Å². The fraction of sp³-hybridized carbons (Fsp3) is 0.333. The monoisotopic (exact) mass is 252 g/mol. The van der Waals surface area contributed by atoms with Crippen molar-refractivity contribution in [3.05, 3.63) is 23.4 Å². The molecule has 0 fully saturated rings. The van der Waals surface area contributed by atoms with Crippen LogP contribution in [0.2, 0.25) is 5.15 Å². The van der Waals surface area contributed by atoms with Crippen LogP contribution in [0.4, 0.5) is 0 Å². The minimum atomic E-state index is 0.00450. The zero-order valence-corrected chi connectivity index (χ0v) is 10.7. The second kappa shape index (κ2) is 4.75. The van der Waals surface area contributed by atoms with Gasteiger partial charge in [-0.25, -0.2) is 9.97 Å². The first kappa shape index (κ1) is 11.9. The summed E-state index contributed by atoms with van der Waals surface area (Å²) in [6, 6.07) is 5.42. The van der Waals surface area contributed by atoms with E-state index < -0.39 is 0 Å². The first-order chi connectivity index (χ1) is 8.10. The van der Waals surface area contributed by atoms with E-state index in [-0.39, 0.29) is 11.3 Å². The molecule has 0 saturated heterocycles. The smallest absolute Gasteiger partial charge is 0.253 e. The third kappa shape index (κ3) is 2.58. The standard InChI is InChI=1S/C12H13ClN2O2/c1-7(2)17-12-11(13)14-9-5-4-8(16-3)6-10(9)15-12/h4-7H,1-3H3. The lowest BCUT2D eigenvalue weighted by Gasteiger charge is -2.10. The highest BCUT2D eigenvalue weighted by atomic mass is 35.5. The van der Waals surface area contributed by atoms with Crippen LogP contribution in [0.1, 0.15) is 13.8 Å². The molecule has 0 radical (unpaired) electrons. The Labute approximate surface area is 105 Å². The Morgan fingerprint density at radius 1 is 1.18 bits per heavy atom. The van der Waals surface area contributed by atoms with Crippen molar-refractivity contribution in [1.29, 1.82) is 0 Å². The molecule has 17 heavy (non-hydrogen) atoms. The van der Waals surface area contributed by atoms with E-state index in [9.17, 15) is 0 Å². The van der Waals surface area contributed by atoms with E-state index in [1.165, 1.54) is 0 Å². The van der Waals surface area contributed by atoms with Gasteiger partial charge in [0.25, 0.3) is 5.88 Å². The Kier molecular flexibility index (Phi) is 3.33. The molecule has 0 amide bonds. The van der Waals surface area contributed by atoms with Gasteiger partial charge in [0.1, 0.15) is 5.75 Å². The van der Waals surface area contributed by atoms with Crippen LogP contribution in [0.15, 0.2) is 18.2 Å². The largest absolute Gasteiger partial charge is 0.497 e. The van der Waals surface area contributed by atoms with E-state index >= 15 is 0 Å². The SMILES string of the molecule is COc1ccc2nc(Cl)c(OC(C)C)nc2c1. The summed E-state index contributed by atoms with van der Waals surface area (Å²) in [5, 5.41) is 0.274. The maximum Gasteiger partial charge on any atom is 0.253 e. The average molecular weight is 253 g/mol. The molecule has 1 heterocycles. The number of fused-ring (bicyclic) bond motifs is 1. The van der Waals surface area contributed by atoms with E-state index in [4.69, 9.17) is 21.1 Å². The average Bonchev–Trinajstić information content (AvgIpc) is 2.29. The summed E-state index contributed by atoms with van der Waals surface area (Å²) in [5.74, 6) is 1.08. The molecular weight excluding hydrogens is 240 g/mol. The second-order valence-electron chi connectivity index (χ2n) is 3.84. The third-order valence-corrected chi connectivity index (χ3v) is 2.39. The Bertz CT molecular complexity index is 543. The molecule has 0 atom stereocenters. The number of methoxy groups -OCH3 is 1. The van der Waals surface area contributed by atoms with Gasteiger partial charge in [-0.15, -0.1) is 0 Å². The Morgan fingerprint density at radius 2 is 1.94 bits per heavy atom. The first-order valence-electron chi connectivity index (χ1n) is 5.28.